The maximum atomic E-state index is 13.6. The van der Waals surface area contributed by atoms with E-state index in [2.05, 4.69) is 25.2 Å². The summed E-state index contributed by atoms with van der Waals surface area (Å²) in [5.74, 6) is 0.462. The van der Waals surface area contributed by atoms with Crippen LogP contribution in [0.25, 0.3) is 11.0 Å². The van der Waals surface area contributed by atoms with E-state index in [1.807, 2.05) is 63.1 Å². The average molecular weight is 513 g/mol. The first kappa shape index (κ1) is 25.8. The van der Waals surface area contributed by atoms with Crippen molar-refractivity contribution >= 4 is 40.5 Å². The Kier molecular flexibility index (Phi) is 7.68. The third-order valence-electron chi connectivity index (χ3n) is 6.17. The molecule has 0 aliphatic carbocycles. The summed E-state index contributed by atoms with van der Waals surface area (Å²) in [4.78, 5) is 42.0. The highest BCUT2D eigenvalue weighted by molar-refractivity contribution is 6.30. The number of hydrogen-bond donors (Lipinski definition) is 2. The molecule has 0 spiro atoms. The zero-order valence-corrected chi connectivity index (χ0v) is 21.9. The minimum absolute atomic E-state index is 0.00585. The van der Waals surface area contributed by atoms with Crippen molar-refractivity contribution in [2.24, 2.45) is 5.92 Å². The first-order chi connectivity index (χ1) is 17.1. The number of benzene rings is 1. The summed E-state index contributed by atoms with van der Waals surface area (Å²) in [6.45, 7) is 10.1. The van der Waals surface area contributed by atoms with Gasteiger partial charge in [-0.15, -0.1) is 0 Å². The maximum absolute atomic E-state index is 13.6. The molecule has 0 unspecified atom stereocenters. The van der Waals surface area contributed by atoms with E-state index < -0.39 is 17.6 Å². The number of amides is 2. The summed E-state index contributed by atoms with van der Waals surface area (Å²) in [5, 5.41) is 4.44. The fourth-order valence-corrected chi connectivity index (χ4v) is 4.53. The second-order valence-corrected chi connectivity index (χ2v) is 10.6. The summed E-state index contributed by atoms with van der Waals surface area (Å²) in [7, 11) is 0. The topological polar surface area (TPSA) is 103 Å². The van der Waals surface area contributed by atoms with Crippen LogP contribution in [0.5, 0.6) is 0 Å². The Balaban J connectivity index is 1.44. The van der Waals surface area contributed by atoms with E-state index in [1.165, 1.54) is 0 Å². The predicted octanol–water partition coefficient (Wildman–Crippen LogP) is 3.95. The van der Waals surface area contributed by atoms with Crippen molar-refractivity contribution in [3.8, 4) is 0 Å². The Hall–Kier alpha value is -3.33. The molecule has 4 rings (SSSR count). The third kappa shape index (κ3) is 6.26. The monoisotopic (exact) mass is 512 g/mol. The van der Waals surface area contributed by atoms with Crippen LogP contribution in [0.4, 0.5) is 10.6 Å². The largest absolute Gasteiger partial charge is 0.444 e. The Labute approximate surface area is 216 Å². The number of fused-ring (bicyclic) bond motifs is 1. The normalized spacial score (nSPS) is 15.1. The molecule has 9 nitrogen and oxygen atoms in total. The molecule has 3 aromatic rings. The van der Waals surface area contributed by atoms with E-state index >= 15 is 0 Å². The van der Waals surface area contributed by atoms with Crippen molar-refractivity contribution in [2.75, 3.05) is 37.6 Å². The molecule has 36 heavy (non-hydrogen) atoms. The number of aromatic amines is 1. The highest BCUT2D eigenvalue weighted by Gasteiger charge is 2.30. The van der Waals surface area contributed by atoms with Crippen molar-refractivity contribution in [1.29, 1.82) is 0 Å². The van der Waals surface area contributed by atoms with E-state index in [1.54, 1.807) is 6.33 Å². The fourth-order valence-electron chi connectivity index (χ4n) is 4.41. The van der Waals surface area contributed by atoms with Crippen molar-refractivity contribution in [3.05, 3.63) is 52.9 Å². The molecule has 0 saturated carbocycles. The number of aromatic nitrogens is 3. The lowest BCUT2D eigenvalue weighted by Gasteiger charge is -2.37. The second-order valence-electron chi connectivity index (χ2n) is 10.1. The number of nitrogens with zero attached hydrogens (tertiary/aromatic N) is 4. The van der Waals surface area contributed by atoms with Crippen LogP contribution in [0.2, 0.25) is 5.02 Å². The standard InChI is InChI=1S/C26H33ClN6O3/c1-17-14-28-22-21(17)23(31-16-30-22)32-9-11-33(12-10-32)24(34)19(13-18-5-7-20(27)8-6-18)15-29-25(35)36-26(2,3)4/h5-8,14,16,19H,9-13,15H2,1-4H3,(H,29,35)(H,28,30,31)/t19-/m1/s1. The van der Waals surface area contributed by atoms with Gasteiger partial charge < -0.3 is 24.8 Å². The van der Waals surface area contributed by atoms with Gasteiger partial charge in [0, 0.05) is 43.9 Å². The summed E-state index contributed by atoms with van der Waals surface area (Å²) < 4.78 is 5.37. The van der Waals surface area contributed by atoms with Gasteiger partial charge in [0.05, 0.1) is 11.3 Å². The van der Waals surface area contributed by atoms with Gasteiger partial charge >= 0.3 is 6.09 Å². The number of aryl methyl sites for hydroxylation is 1. The number of ether oxygens (including phenoxy) is 1. The van der Waals surface area contributed by atoms with Gasteiger partial charge in [0.1, 0.15) is 23.4 Å². The van der Waals surface area contributed by atoms with Gasteiger partial charge in [0.15, 0.2) is 0 Å². The maximum Gasteiger partial charge on any atom is 0.407 e. The number of piperazine rings is 1. The van der Waals surface area contributed by atoms with Crippen LogP contribution in [0.1, 0.15) is 31.9 Å². The molecule has 10 heteroatoms. The third-order valence-corrected chi connectivity index (χ3v) is 6.43. The zero-order valence-electron chi connectivity index (χ0n) is 21.2. The van der Waals surface area contributed by atoms with Gasteiger partial charge in [0.25, 0.3) is 0 Å². The lowest BCUT2D eigenvalue weighted by atomic mass is 9.97. The van der Waals surface area contributed by atoms with Crippen molar-refractivity contribution in [2.45, 2.75) is 39.7 Å². The van der Waals surface area contributed by atoms with E-state index in [0.717, 1.165) is 28.0 Å². The van der Waals surface area contributed by atoms with E-state index in [-0.39, 0.29) is 12.5 Å². The minimum atomic E-state index is -0.611. The van der Waals surface area contributed by atoms with Crippen LogP contribution in [0, 0.1) is 12.8 Å². The van der Waals surface area contributed by atoms with Crippen molar-refractivity contribution in [3.63, 3.8) is 0 Å². The molecule has 2 amide bonds. The predicted molar refractivity (Wildman–Crippen MR) is 140 cm³/mol. The lowest BCUT2D eigenvalue weighted by molar-refractivity contribution is -0.135. The van der Waals surface area contributed by atoms with E-state index in [0.29, 0.717) is 37.6 Å². The number of halogens is 1. The first-order valence-corrected chi connectivity index (χ1v) is 12.5. The molecular weight excluding hydrogens is 480 g/mol. The molecule has 192 valence electrons. The number of anilines is 1. The molecule has 1 aliphatic rings. The second kappa shape index (κ2) is 10.7. The molecule has 1 fully saturated rings. The molecule has 1 saturated heterocycles. The highest BCUT2D eigenvalue weighted by Crippen LogP contribution is 2.27. The van der Waals surface area contributed by atoms with Crippen molar-refractivity contribution in [1.82, 2.24) is 25.2 Å². The summed E-state index contributed by atoms with van der Waals surface area (Å²) in [6.07, 6.45) is 3.45. The van der Waals surface area contributed by atoms with Gasteiger partial charge in [-0.05, 0) is 57.4 Å². The molecule has 2 aromatic heterocycles. The van der Waals surface area contributed by atoms with Crippen molar-refractivity contribution < 1.29 is 14.3 Å². The number of H-pyrrole nitrogens is 1. The van der Waals surface area contributed by atoms with Crippen LogP contribution in [-0.2, 0) is 16.0 Å². The molecule has 1 aliphatic heterocycles. The van der Waals surface area contributed by atoms with Crippen LogP contribution in [-0.4, -0.2) is 70.2 Å². The van der Waals surface area contributed by atoms with Gasteiger partial charge in [-0.2, -0.15) is 0 Å². The number of carbonyl (C=O) groups excluding carboxylic acids is 2. The number of nitrogens with one attached hydrogen (secondary N) is 2. The van der Waals surface area contributed by atoms with Crippen LogP contribution >= 0.6 is 11.6 Å². The summed E-state index contributed by atoms with van der Waals surface area (Å²) in [6, 6.07) is 7.44. The SMILES string of the molecule is Cc1c[nH]c2ncnc(N3CCN(C(=O)[C@@H](CNC(=O)OC(C)(C)C)Cc4ccc(Cl)cc4)CC3)c12. The average Bonchev–Trinajstić information content (AvgIpc) is 3.22. The molecular formula is C26H33ClN6O3. The summed E-state index contributed by atoms with van der Waals surface area (Å²) >= 11 is 6.04. The molecule has 1 aromatic carbocycles. The Morgan fingerprint density at radius 1 is 1.14 bits per heavy atom. The van der Waals surface area contributed by atoms with Gasteiger partial charge in [-0.3, -0.25) is 4.79 Å². The lowest BCUT2D eigenvalue weighted by Crippen LogP contribution is -2.52. The summed E-state index contributed by atoms with van der Waals surface area (Å²) in [5.41, 5.74) is 2.27. The van der Waals surface area contributed by atoms with Crippen LogP contribution < -0.4 is 10.2 Å². The molecule has 0 radical (unpaired) electrons. The zero-order chi connectivity index (χ0) is 25.9. The van der Waals surface area contributed by atoms with Crippen LogP contribution in [0.3, 0.4) is 0 Å². The molecule has 3 heterocycles. The quantitative estimate of drug-likeness (QED) is 0.518. The number of carbonyl (C=O) groups is 2. The van der Waals surface area contributed by atoms with E-state index in [4.69, 9.17) is 16.3 Å². The van der Waals surface area contributed by atoms with E-state index in [9.17, 15) is 9.59 Å². The Morgan fingerprint density at radius 3 is 2.50 bits per heavy atom. The fraction of sp³-hybridized carbons (Fsp3) is 0.462. The number of hydrogen-bond acceptors (Lipinski definition) is 6. The van der Waals surface area contributed by atoms with Crippen LogP contribution in [0.15, 0.2) is 36.8 Å². The minimum Gasteiger partial charge on any atom is -0.444 e. The number of alkyl carbamates (subject to hydrolysis) is 1. The van der Waals surface area contributed by atoms with Gasteiger partial charge in [-0.25, -0.2) is 14.8 Å². The number of rotatable bonds is 6. The molecule has 0 bridgehead atoms. The highest BCUT2D eigenvalue weighted by atomic mass is 35.5. The molecule has 1 atom stereocenters. The Morgan fingerprint density at radius 2 is 1.83 bits per heavy atom. The Bertz CT molecular complexity index is 1210. The van der Waals surface area contributed by atoms with Gasteiger partial charge in [0.2, 0.25) is 5.91 Å². The molecule has 2 N–H and O–H groups in total. The van der Waals surface area contributed by atoms with Gasteiger partial charge in [-0.1, -0.05) is 23.7 Å². The first-order valence-electron chi connectivity index (χ1n) is 12.1. The smallest absolute Gasteiger partial charge is 0.407 e.